The zero-order chi connectivity index (χ0) is 23.5. The quantitative estimate of drug-likeness (QED) is 0.218. The molecule has 0 aliphatic heterocycles. The van der Waals surface area contributed by atoms with E-state index in [-0.39, 0.29) is 5.82 Å². The minimum absolute atomic E-state index is 0.205. The van der Waals surface area contributed by atoms with Gasteiger partial charge in [0.1, 0.15) is 5.82 Å². The average Bonchev–Trinajstić information content (AvgIpc) is 3.26. The first kappa shape index (κ1) is 24.3. The molecule has 0 spiro atoms. The van der Waals surface area contributed by atoms with Crippen molar-refractivity contribution in [1.29, 1.82) is 0 Å². The molecule has 4 aromatic rings. The third-order valence-corrected chi connectivity index (χ3v) is 5.52. The van der Waals surface area contributed by atoms with Gasteiger partial charge in [-0.15, -0.1) is 0 Å². The van der Waals surface area contributed by atoms with Crippen molar-refractivity contribution >= 4 is 7.85 Å². The number of allylic oxidation sites excluding steroid dienone is 2. The normalized spacial score (nSPS) is 10.9. The van der Waals surface area contributed by atoms with Gasteiger partial charge in [-0.25, -0.2) is 9.37 Å². The lowest BCUT2D eigenvalue weighted by Crippen LogP contribution is -1.99. The second-order valence-corrected chi connectivity index (χ2v) is 7.99. The molecule has 2 nitrogen and oxygen atoms in total. The fourth-order valence-electron chi connectivity index (χ4n) is 3.78. The number of hydrogen-bond acceptors (Lipinski definition) is 1. The van der Waals surface area contributed by atoms with Crippen molar-refractivity contribution in [1.82, 2.24) is 9.55 Å². The number of hydrogen-bond donors (Lipinski definition) is 0. The van der Waals surface area contributed by atoms with Gasteiger partial charge < -0.3 is 4.57 Å². The Kier molecular flexibility index (Phi) is 9.25. The Balaban J connectivity index is 0.000000194. The van der Waals surface area contributed by atoms with Crippen LogP contribution in [0.5, 0.6) is 0 Å². The van der Waals surface area contributed by atoms with Gasteiger partial charge >= 0.3 is 0 Å². The predicted octanol–water partition coefficient (Wildman–Crippen LogP) is 7.37. The van der Waals surface area contributed by atoms with Gasteiger partial charge in [0.05, 0.1) is 14.2 Å². The van der Waals surface area contributed by atoms with E-state index in [0.717, 1.165) is 36.1 Å². The van der Waals surface area contributed by atoms with Crippen molar-refractivity contribution in [3.8, 4) is 5.69 Å². The Labute approximate surface area is 198 Å². The summed E-state index contributed by atoms with van der Waals surface area (Å²) in [5.41, 5.74) is 5.66. The van der Waals surface area contributed by atoms with Crippen LogP contribution in [0.25, 0.3) is 5.69 Å². The number of nitrogens with zero attached hydrogens (tertiary/aromatic N) is 2. The van der Waals surface area contributed by atoms with Gasteiger partial charge in [-0.2, -0.15) is 0 Å². The number of benzene rings is 3. The monoisotopic (exact) mass is 436 g/mol. The van der Waals surface area contributed by atoms with Crippen molar-refractivity contribution in [2.45, 2.75) is 38.9 Å². The van der Waals surface area contributed by atoms with Crippen LogP contribution in [0.15, 0.2) is 104 Å². The van der Waals surface area contributed by atoms with Crippen molar-refractivity contribution < 1.29 is 4.39 Å². The van der Waals surface area contributed by atoms with Gasteiger partial charge in [-0.05, 0) is 61.6 Å². The van der Waals surface area contributed by atoms with Crippen LogP contribution in [-0.2, 0) is 0 Å². The van der Waals surface area contributed by atoms with Gasteiger partial charge in [0.25, 0.3) is 0 Å². The molecule has 1 aromatic heterocycles. The van der Waals surface area contributed by atoms with E-state index in [2.05, 4.69) is 77.8 Å². The smallest absolute Gasteiger partial charge is 0.123 e. The number of aryl methyl sites for hydroxylation is 2. The maximum Gasteiger partial charge on any atom is 0.123 e. The molecule has 0 amide bonds. The summed E-state index contributed by atoms with van der Waals surface area (Å²) >= 11 is 0. The van der Waals surface area contributed by atoms with Crippen LogP contribution in [0.2, 0.25) is 6.32 Å². The van der Waals surface area contributed by atoms with E-state index in [1.807, 2.05) is 18.4 Å². The topological polar surface area (TPSA) is 17.8 Å². The lowest BCUT2D eigenvalue weighted by atomic mass is 9.88. The second kappa shape index (κ2) is 12.6. The Hall–Kier alpha value is -3.40. The number of halogens is 1. The molecule has 0 bridgehead atoms. The molecule has 4 heteroatoms. The van der Waals surface area contributed by atoms with E-state index in [4.69, 9.17) is 7.85 Å². The zero-order valence-electron chi connectivity index (χ0n) is 19.4. The molecule has 4 rings (SSSR count). The first-order valence-electron chi connectivity index (χ1n) is 11.3. The third-order valence-electron chi connectivity index (χ3n) is 5.52. The molecule has 2 radical (unpaired) electrons. The minimum Gasteiger partial charge on any atom is -0.303 e. The Morgan fingerprint density at radius 2 is 1.55 bits per heavy atom. The van der Waals surface area contributed by atoms with E-state index >= 15 is 0 Å². The summed E-state index contributed by atoms with van der Waals surface area (Å²) in [5, 5.41) is 0. The van der Waals surface area contributed by atoms with Gasteiger partial charge in [-0.3, -0.25) is 0 Å². The summed E-state index contributed by atoms with van der Waals surface area (Å²) < 4.78 is 14.8. The van der Waals surface area contributed by atoms with E-state index < -0.39 is 0 Å². The SMILES string of the molecule is Cc1cc(F)ccc1-n1cncc1C.[B]CCC=CCC(c1ccccc1)c1ccccc1. The van der Waals surface area contributed by atoms with E-state index in [0.29, 0.717) is 5.92 Å². The van der Waals surface area contributed by atoms with Crippen LogP contribution in [0.1, 0.15) is 41.1 Å². The van der Waals surface area contributed by atoms with Crippen LogP contribution in [0, 0.1) is 19.7 Å². The number of imidazole rings is 1. The van der Waals surface area contributed by atoms with Crippen LogP contribution < -0.4 is 0 Å². The fraction of sp³-hybridized carbons (Fsp3) is 0.207. The molecule has 0 saturated heterocycles. The Morgan fingerprint density at radius 1 is 0.909 bits per heavy atom. The van der Waals surface area contributed by atoms with Crippen molar-refractivity contribution in [2.75, 3.05) is 0 Å². The van der Waals surface area contributed by atoms with Crippen LogP contribution in [-0.4, -0.2) is 17.4 Å². The molecule has 33 heavy (non-hydrogen) atoms. The van der Waals surface area contributed by atoms with Crippen molar-refractivity contribution in [3.63, 3.8) is 0 Å². The van der Waals surface area contributed by atoms with E-state index in [1.54, 1.807) is 18.6 Å². The number of rotatable bonds is 7. The molecule has 1 heterocycles. The van der Waals surface area contributed by atoms with Gasteiger partial charge in [-0.1, -0.05) is 79.1 Å². The van der Waals surface area contributed by atoms with Gasteiger partial charge in [0.2, 0.25) is 0 Å². The Bertz CT molecular complexity index is 1100. The summed E-state index contributed by atoms with van der Waals surface area (Å²) in [4.78, 5) is 4.03. The lowest BCUT2D eigenvalue weighted by Gasteiger charge is -2.16. The molecule has 0 aliphatic carbocycles. The molecule has 0 aliphatic rings. The molecule has 0 fully saturated rings. The summed E-state index contributed by atoms with van der Waals surface area (Å²) in [6.07, 6.45) is 10.6. The highest BCUT2D eigenvalue weighted by Gasteiger charge is 2.11. The molecular weight excluding hydrogens is 406 g/mol. The standard InChI is InChI=1S/C18H19B.C11H11FN2/c19-15-9-3-8-14-18(16-10-4-1-5-11-16)17-12-6-2-7-13-17;1-8-5-10(12)3-4-11(8)14-7-13-6-9(14)2/h1-8,10-13,18H,9,14-15H2;3-7H,1-2H3. The van der Waals surface area contributed by atoms with Crippen LogP contribution in [0.4, 0.5) is 4.39 Å². The molecule has 166 valence electrons. The maximum atomic E-state index is 12.9. The lowest BCUT2D eigenvalue weighted by molar-refractivity contribution is 0.626. The van der Waals surface area contributed by atoms with Crippen molar-refractivity contribution in [2.24, 2.45) is 0 Å². The molecular formula is C29H30BFN2. The Morgan fingerprint density at radius 3 is 2.06 bits per heavy atom. The van der Waals surface area contributed by atoms with Gasteiger partial charge in [0.15, 0.2) is 0 Å². The first-order valence-corrected chi connectivity index (χ1v) is 11.3. The molecule has 0 unspecified atom stereocenters. The zero-order valence-corrected chi connectivity index (χ0v) is 19.4. The molecule has 0 atom stereocenters. The highest BCUT2D eigenvalue weighted by Crippen LogP contribution is 2.28. The largest absolute Gasteiger partial charge is 0.303 e. The minimum atomic E-state index is -0.205. The predicted molar refractivity (Wildman–Crippen MR) is 137 cm³/mol. The van der Waals surface area contributed by atoms with Crippen LogP contribution >= 0.6 is 0 Å². The van der Waals surface area contributed by atoms with E-state index in [1.165, 1.54) is 23.3 Å². The van der Waals surface area contributed by atoms with E-state index in [9.17, 15) is 4.39 Å². The second-order valence-electron chi connectivity index (χ2n) is 7.99. The molecule has 3 aromatic carbocycles. The summed E-state index contributed by atoms with van der Waals surface area (Å²) in [6, 6.07) is 26.1. The summed E-state index contributed by atoms with van der Waals surface area (Å²) in [5.74, 6) is 0.223. The molecule has 0 N–H and O–H groups in total. The van der Waals surface area contributed by atoms with Crippen LogP contribution in [0.3, 0.4) is 0 Å². The maximum absolute atomic E-state index is 12.9. The average molecular weight is 436 g/mol. The van der Waals surface area contributed by atoms with Gasteiger partial charge in [0, 0.05) is 23.5 Å². The highest BCUT2D eigenvalue weighted by molar-refractivity contribution is 6.08. The first-order chi connectivity index (χ1) is 16.1. The fourth-order valence-corrected chi connectivity index (χ4v) is 3.78. The summed E-state index contributed by atoms with van der Waals surface area (Å²) in [7, 11) is 5.52. The number of aromatic nitrogens is 2. The summed E-state index contributed by atoms with van der Waals surface area (Å²) in [6.45, 7) is 3.85. The van der Waals surface area contributed by atoms with Crippen molar-refractivity contribution in [3.05, 3.63) is 132 Å². The molecule has 0 saturated carbocycles. The highest BCUT2D eigenvalue weighted by atomic mass is 19.1. The third kappa shape index (κ3) is 7.05.